The van der Waals surface area contributed by atoms with E-state index in [0.717, 1.165) is 56.3 Å². The summed E-state index contributed by atoms with van der Waals surface area (Å²) in [4.78, 5) is 26.0. The molecule has 4 rings (SSSR count). The van der Waals surface area contributed by atoms with Crippen LogP contribution in [0.25, 0.3) is 0 Å². The van der Waals surface area contributed by atoms with Gasteiger partial charge in [-0.2, -0.15) is 11.8 Å². The number of carbonyl (C=O) groups excluding carboxylic acids is 1. The fourth-order valence-electron chi connectivity index (χ4n) is 3.57. The molecule has 1 aromatic rings. The van der Waals surface area contributed by atoms with Crippen LogP contribution in [0.3, 0.4) is 0 Å². The van der Waals surface area contributed by atoms with E-state index in [0.29, 0.717) is 11.8 Å². The van der Waals surface area contributed by atoms with Gasteiger partial charge in [-0.25, -0.2) is 9.97 Å². The number of carbonyl (C=O) groups is 1. The predicted octanol–water partition coefficient (Wildman–Crippen LogP) is 2.15. The highest BCUT2D eigenvalue weighted by atomic mass is 32.2. The Morgan fingerprint density at radius 2 is 1.96 bits per heavy atom. The lowest BCUT2D eigenvalue weighted by Gasteiger charge is -2.36. The van der Waals surface area contributed by atoms with Crippen molar-refractivity contribution in [2.24, 2.45) is 5.92 Å². The van der Waals surface area contributed by atoms with E-state index in [1.165, 1.54) is 18.5 Å². The minimum Gasteiger partial charge on any atom is -0.356 e. The van der Waals surface area contributed by atoms with Crippen LogP contribution in [0.2, 0.25) is 0 Å². The summed E-state index contributed by atoms with van der Waals surface area (Å²) in [5.74, 6) is 4.30. The Hall–Kier alpha value is -1.30. The smallest absolute Gasteiger partial charge is 0.227 e. The van der Waals surface area contributed by atoms with E-state index in [1.807, 2.05) is 11.8 Å². The van der Waals surface area contributed by atoms with Gasteiger partial charge in [0.2, 0.25) is 5.91 Å². The Morgan fingerprint density at radius 3 is 2.74 bits per heavy atom. The lowest BCUT2D eigenvalue weighted by Crippen LogP contribution is -2.47. The highest BCUT2D eigenvalue weighted by molar-refractivity contribution is 7.99. The van der Waals surface area contributed by atoms with Crippen molar-refractivity contribution in [2.75, 3.05) is 42.6 Å². The summed E-state index contributed by atoms with van der Waals surface area (Å²) in [6, 6.07) is 2.14. The van der Waals surface area contributed by atoms with Gasteiger partial charge in [-0.05, 0) is 25.7 Å². The summed E-state index contributed by atoms with van der Waals surface area (Å²) in [6.07, 6.45) is 6.28. The Bertz CT molecular complexity index is 571. The van der Waals surface area contributed by atoms with E-state index in [-0.39, 0.29) is 5.92 Å². The van der Waals surface area contributed by atoms with Crippen molar-refractivity contribution in [1.29, 1.82) is 0 Å². The SMILES string of the molecule is O=C(C1CCCN(c2cc(C3CC3)ncn2)C1)N1CCSCC1. The summed E-state index contributed by atoms with van der Waals surface area (Å²) in [5, 5.41) is 0. The van der Waals surface area contributed by atoms with E-state index < -0.39 is 0 Å². The van der Waals surface area contributed by atoms with Crippen LogP contribution in [0, 0.1) is 5.92 Å². The molecular weight excluding hydrogens is 308 g/mol. The fourth-order valence-corrected chi connectivity index (χ4v) is 4.47. The standard InChI is InChI=1S/C17H24N4OS/c22-17(20-6-8-23-9-7-20)14-2-1-5-21(11-14)16-10-15(13-3-4-13)18-12-19-16/h10,12-14H,1-9,11H2. The molecule has 23 heavy (non-hydrogen) atoms. The third-order valence-corrected chi connectivity index (χ3v) is 6.03. The van der Waals surface area contributed by atoms with Crippen molar-refractivity contribution in [3.63, 3.8) is 0 Å². The van der Waals surface area contributed by atoms with Crippen LogP contribution in [0.4, 0.5) is 5.82 Å². The first kappa shape index (κ1) is 15.2. The van der Waals surface area contributed by atoms with Crippen molar-refractivity contribution < 1.29 is 4.79 Å². The molecule has 0 aromatic carbocycles. The normalized spacial score (nSPS) is 25.5. The molecule has 2 saturated heterocycles. The molecule has 1 amide bonds. The van der Waals surface area contributed by atoms with Crippen LogP contribution in [0.1, 0.15) is 37.3 Å². The van der Waals surface area contributed by atoms with Gasteiger partial charge in [0.05, 0.1) is 5.92 Å². The number of rotatable bonds is 3. The number of thioether (sulfide) groups is 1. The number of hydrogen-bond donors (Lipinski definition) is 0. The van der Waals surface area contributed by atoms with Gasteiger partial charge in [0, 0.05) is 55.4 Å². The molecule has 1 aliphatic carbocycles. The van der Waals surface area contributed by atoms with Crippen molar-refractivity contribution >= 4 is 23.5 Å². The first-order valence-electron chi connectivity index (χ1n) is 8.74. The first-order chi connectivity index (χ1) is 11.3. The summed E-state index contributed by atoms with van der Waals surface area (Å²) >= 11 is 1.95. The molecule has 1 aromatic heterocycles. The van der Waals surface area contributed by atoms with E-state index in [4.69, 9.17) is 0 Å². The molecule has 6 heteroatoms. The molecule has 1 saturated carbocycles. The molecule has 0 bridgehead atoms. The Kier molecular flexibility index (Phi) is 4.42. The number of hydrogen-bond acceptors (Lipinski definition) is 5. The van der Waals surface area contributed by atoms with Crippen molar-refractivity contribution in [2.45, 2.75) is 31.6 Å². The van der Waals surface area contributed by atoms with Gasteiger partial charge in [-0.15, -0.1) is 0 Å². The summed E-state index contributed by atoms with van der Waals surface area (Å²) in [6.45, 7) is 3.64. The Balaban J connectivity index is 1.44. The Morgan fingerprint density at radius 1 is 1.13 bits per heavy atom. The molecule has 0 radical (unpaired) electrons. The van der Waals surface area contributed by atoms with Gasteiger partial charge >= 0.3 is 0 Å². The molecule has 1 unspecified atom stereocenters. The van der Waals surface area contributed by atoms with Gasteiger partial charge in [0.15, 0.2) is 0 Å². The highest BCUT2D eigenvalue weighted by Gasteiger charge is 2.31. The molecule has 124 valence electrons. The van der Waals surface area contributed by atoms with Crippen molar-refractivity contribution in [1.82, 2.24) is 14.9 Å². The van der Waals surface area contributed by atoms with Crippen LogP contribution < -0.4 is 4.90 Å². The molecular formula is C17H24N4OS. The topological polar surface area (TPSA) is 49.3 Å². The molecule has 3 heterocycles. The second-order valence-electron chi connectivity index (χ2n) is 6.80. The lowest BCUT2D eigenvalue weighted by molar-refractivity contribution is -0.135. The minimum absolute atomic E-state index is 0.131. The van der Waals surface area contributed by atoms with Crippen LogP contribution >= 0.6 is 11.8 Å². The van der Waals surface area contributed by atoms with Crippen LogP contribution in [-0.2, 0) is 4.79 Å². The molecule has 1 atom stereocenters. The van der Waals surface area contributed by atoms with Crippen molar-refractivity contribution in [3.8, 4) is 0 Å². The van der Waals surface area contributed by atoms with Crippen LogP contribution in [-0.4, -0.2) is 58.5 Å². The van der Waals surface area contributed by atoms with Crippen LogP contribution in [0.5, 0.6) is 0 Å². The van der Waals surface area contributed by atoms with E-state index >= 15 is 0 Å². The maximum absolute atomic E-state index is 12.8. The van der Waals surface area contributed by atoms with Gasteiger partial charge in [0.25, 0.3) is 0 Å². The molecule has 0 spiro atoms. The van der Waals surface area contributed by atoms with E-state index in [1.54, 1.807) is 6.33 Å². The second-order valence-corrected chi connectivity index (χ2v) is 8.02. The molecule has 5 nitrogen and oxygen atoms in total. The lowest BCUT2D eigenvalue weighted by atomic mass is 9.96. The third kappa shape index (κ3) is 3.47. The number of piperidine rings is 1. The van der Waals surface area contributed by atoms with Gasteiger partial charge in [-0.3, -0.25) is 4.79 Å². The average molecular weight is 332 g/mol. The highest BCUT2D eigenvalue weighted by Crippen LogP contribution is 2.39. The zero-order chi connectivity index (χ0) is 15.6. The van der Waals surface area contributed by atoms with Gasteiger partial charge < -0.3 is 9.80 Å². The third-order valence-electron chi connectivity index (χ3n) is 5.09. The monoisotopic (exact) mass is 332 g/mol. The quantitative estimate of drug-likeness (QED) is 0.849. The maximum atomic E-state index is 12.8. The van der Waals surface area contributed by atoms with Gasteiger partial charge in [-0.1, -0.05) is 0 Å². The van der Waals surface area contributed by atoms with Crippen LogP contribution in [0.15, 0.2) is 12.4 Å². The van der Waals surface area contributed by atoms with E-state index in [2.05, 4.69) is 25.8 Å². The zero-order valence-corrected chi connectivity index (χ0v) is 14.3. The number of anilines is 1. The zero-order valence-electron chi connectivity index (χ0n) is 13.5. The number of nitrogens with zero attached hydrogens (tertiary/aromatic N) is 4. The second kappa shape index (κ2) is 6.67. The summed E-state index contributed by atoms with van der Waals surface area (Å²) < 4.78 is 0. The fraction of sp³-hybridized carbons (Fsp3) is 0.706. The predicted molar refractivity (Wildman–Crippen MR) is 92.8 cm³/mol. The molecule has 3 fully saturated rings. The largest absolute Gasteiger partial charge is 0.356 e. The molecule has 2 aliphatic heterocycles. The summed E-state index contributed by atoms with van der Waals surface area (Å²) in [7, 11) is 0. The number of aromatic nitrogens is 2. The first-order valence-corrected chi connectivity index (χ1v) is 9.90. The maximum Gasteiger partial charge on any atom is 0.227 e. The van der Waals surface area contributed by atoms with E-state index in [9.17, 15) is 4.79 Å². The average Bonchev–Trinajstić information content (AvgIpc) is 3.47. The Labute approximate surface area is 141 Å². The van der Waals surface area contributed by atoms with Crippen molar-refractivity contribution in [3.05, 3.63) is 18.1 Å². The molecule has 3 aliphatic rings. The van der Waals surface area contributed by atoms with Gasteiger partial charge in [0.1, 0.15) is 12.1 Å². The molecule has 0 N–H and O–H groups in total. The minimum atomic E-state index is 0.131. The summed E-state index contributed by atoms with van der Waals surface area (Å²) in [5.41, 5.74) is 1.18. The number of amides is 1.